The molecule has 0 saturated heterocycles. The standard InChI is InChI=1S/C22H25N2O4.Fm/c1-28-16-9-7-15(8-10-16)21-18(11-12-20(25)26)17-5-2-3-6-19(17)22(27)24(21)14-4-13-23;/h2-3,5-10,18,21,23H,4,11-14H2,1H3,(H,25,26);/q-1;. The Morgan fingerprint density at radius 2 is 1.86 bits per heavy atom. The number of carboxylic acid groups (broad SMARTS) is 1. The summed E-state index contributed by atoms with van der Waals surface area (Å²) < 4.78 is 5.25. The molecule has 0 bridgehead atoms. The minimum atomic E-state index is -0.847. The molecule has 1 heterocycles. The molecule has 1 aliphatic heterocycles. The van der Waals surface area contributed by atoms with Gasteiger partial charge in [0, 0.05) is 24.4 Å². The Kier molecular flexibility index (Phi) is 6.93. The Labute approximate surface area is 164 Å². The van der Waals surface area contributed by atoms with Gasteiger partial charge in [-0.1, -0.05) is 36.8 Å². The number of benzene rings is 2. The van der Waals surface area contributed by atoms with Crippen molar-refractivity contribution in [3.8, 4) is 5.75 Å². The molecule has 1 amide bonds. The minimum absolute atomic E-state index is 0. The minimum Gasteiger partial charge on any atom is -0.677 e. The van der Waals surface area contributed by atoms with E-state index in [0.29, 0.717) is 24.9 Å². The quantitative estimate of drug-likeness (QED) is 0.468. The van der Waals surface area contributed by atoms with Crippen LogP contribution >= 0.6 is 0 Å². The Hall–Kier alpha value is -3.86. The molecule has 2 unspecified atom stereocenters. The van der Waals surface area contributed by atoms with Gasteiger partial charge in [0.15, 0.2) is 0 Å². The Balaban J connectivity index is 0.00000300. The van der Waals surface area contributed by atoms with Crippen molar-refractivity contribution in [3.63, 3.8) is 0 Å². The van der Waals surface area contributed by atoms with Crippen molar-refractivity contribution in [1.29, 1.82) is 0 Å². The largest absolute Gasteiger partial charge is 0.677 e. The zero-order valence-electron chi connectivity index (χ0n) is 16.2. The molecule has 0 fully saturated rings. The summed E-state index contributed by atoms with van der Waals surface area (Å²) in [4.78, 5) is 26.3. The van der Waals surface area contributed by atoms with Gasteiger partial charge in [0.2, 0.25) is 0 Å². The van der Waals surface area contributed by atoms with Crippen molar-refractivity contribution < 1.29 is 19.4 Å². The molecule has 0 aliphatic carbocycles. The van der Waals surface area contributed by atoms with Gasteiger partial charge in [0.05, 0.1) is 13.2 Å². The Morgan fingerprint density at radius 3 is 2.48 bits per heavy atom. The van der Waals surface area contributed by atoms with Gasteiger partial charge < -0.3 is 20.5 Å². The van der Waals surface area contributed by atoms with E-state index in [1.54, 1.807) is 7.11 Å². The fourth-order valence-corrected chi connectivity index (χ4v) is 3.98. The van der Waals surface area contributed by atoms with E-state index in [2.05, 4.69) is 0 Å². The molecule has 2 aromatic carbocycles. The molecule has 2 atom stereocenters. The molecule has 1 aliphatic rings. The third-order valence-corrected chi connectivity index (χ3v) is 5.27. The summed E-state index contributed by atoms with van der Waals surface area (Å²) in [7, 11) is 1.60. The second-order valence-corrected chi connectivity index (χ2v) is 6.95. The molecule has 0 radical (unpaired) electrons. The van der Waals surface area contributed by atoms with E-state index in [1.807, 2.05) is 53.4 Å². The number of hydrogen-bond donors (Lipinski definition) is 1. The monoisotopic (exact) mass is 638 g/mol. The summed E-state index contributed by atoms with van der Waals surface area (Å²) in [5.74, 6) is -0.299. The Morgan fingerprint density at radius 1 is 1.17 bits per heavy atom. The molecule has 0 saturated carbocycles. The van der Waals surface area contributed by atoms with E-state index in [0.717, 1.165) is 16.9 Å². The predicted molar refractivity (Wildman–Crippen MR) is 107 cm³/mol. The van der Waals surface area contributed by atoms with Gasteiger partial charge in [0.25, 0.3) is 5.91 Å². The second kappa shape index (κ2) is 9.37. The van der Waals surface area contributed by atoms with Crippen LogP contribution in [0.3, 0.4) is 0 Å². The number of amides is 1. The van der Waals surface area contributed by atoms with Gasteiger partial charge in [0.1, 0.15) is 5.75 Å². The van der Waals surface area contributed by atoms with Crippen LogP contribution in [0.2, 0.25) is 0 Å². The van der Waals surface area contributed by atoms with Crippen LogP contribution in [0.25, 0.3) is 5.73 Å². The first-order chi connectivity index (χ1) is 13.6. The number of hydrogen-bond acceptors (Lipinski definition) is 3. The Bertz CT molecular complexity index is 841. The topological polar surface area (TPSA) is 90.6 Å². The predicted octanol–water partition coefficient (Wildman–Crippen LogP) is 4.28. The van der Waals surface area contributed by atoms with Gasteiger partial charge in [-0.2, -0.15) is 0 Å². The molecule has 6 nitrogen and oxygen atoms in total. The molecular weight excluding hydrogens is 613 g/mol. The molecular formula is C22H25FmN2O4-. The van der Waals surface area contributed by atoms with Crippen LogP contribution in [-0.2, 0) is 4.79 Å². The van der Waals surface area contributed by atoms with E-state index >= 15 is 0 Å². The van der Waals surface area contributed by atoms with Crippen molar-refractivity contribution in [2.75, 3.05) is 20.2 Å². The van der Waals surface area contributed by atoms with Gasteiger partial charge in [-0.25, -0.2) is 0 Å². The van der Waals surface area contributed by atoms with E-state index in [-0.39, 0.29) is 30.8 Å². The number of carbonyl (C=O) groups is 2. The number of nitrogens with zero attached hydrogens (tertiary/aromatic N) is 1. The molecule has 0 spiro atoms. The SMILES string of the molecule is COc1ccc(C2C(CCC(=O)O)c3ccccc3C(=O)N2CCC[NH-])cc1.[Fm]. The maximum absolute atomic E-state index is 13.2. The van der Waals surface area contributed by atoms with Crippen molar-refractivity contribution in [1.82, 2.24) is 4.90 Å². The van der Waals surface area contributed by atoms with Crippen LogP contribution in [0.4, 0.5) is 0 Å². The number of rotatable bonds is 8. The number of methoxy groups -OCH3 is 1. The number of fused-ring (bicyclic) bond motifs is 1. The first-order valence-corrected chi connectivity index (χ1v) is 9.47. The van der Waals surface area contributed by atoms with Gasteiger partial charge in [-0.3, -0.25) is 9.59 Å². The van der Waals surface area contributed by atoms with Crippen LogP contribution in [0.15, 0.2) is 48.5 Å². The van der Waals surface area contributed by atoms with Crippen LogP contribution in [0.5, 0.6) is 5.75 Å². The third-order valence-electron chi connectivity index (χ3n) is 5.27. The van der Waals surface area contributed by atoms with Crippen LogP contribution < -0.4 is 4.74 Å². The summed E-state index contributed by atoms with van der Waals surface area (Å²) >= 11 is 0. The van der Waals surface area contributed by atoms with Crippen LogP contribution in [0.1, 0.15) is 52.7 Å². The summed E-state index contributed by atoms with van der Waals surface area (Å²) in [6, 6.07) is 14.8. The van der Waals surface area contributed by atoms with E-state index in [9.17, 15) is 14.7 Å². The fourth-order valence-electron chi connectivity index (χ4n) is 3.98. The van der Waals surface area contributed by atoms with Crippen LogP contribution in [-0.4, -0.2) is 42.1 Å². The molecule has 29 heavy (non-hydrogen) atoms. The zero-order chi connectivity index (χ0) is 20.1. The van der Waals surface area contributed by atoms with E-state index in [1.165, 1.54) is 0 Å². The molecule has 7 heteroatoms. The van der Waals surface area contributed by atoms with Crippen molar-refractivity contribution in [3.05, 3.63) is 71.0 Å². The summed E-state index contributed by atoms with van der Waals surface area (Å²) in [6.45, 7) is 0.706. The average molecular weight is 638 g/mol. The molecule has 2 N–H and O–H groups in total. The molecule has 0 aromatic heterocycles. The first-order valence-electron chi connectivity index (χ1n) is 9.47. The third kappa shape index (κ3) is 4.35. The number of nitrogens with one attached hydrogen (secondary N) is 1. The van der Waals surface area contributed by atoms with Crippen molar-refractivity contribution in [2.45, 2.75) is 31.2 Å². The molecule has 2 aromatic rings. The van der Waals surface area contributed by atoms with Crippen LogP contribution in [0, 0.1) is 0 Å². The van der Waals surface area contributed by atoms with Gasteiger partial charge >= 0.3 is 5.97 Å². The smallest absolute Gasteiger partial charge is 0.303 e. The maximum atomic E-state index is 13.2. The maximum Gasteiger partial charge on any atom is 0.303 e. The van der Waals surface area contributed by atoms with E-state index < -0.39 is 5.97 Å². The normalized spacial score (nSPS) is 18.0. The fraction of sp³-hybridized carbons (Fsp3) is 0.364. The molecule has 3 rings (SSSR count). The summed E-state index contributed by atoms with van der Waals surface area (Å²) in [6.07, 6.45) is 1.05. The number of carbonyl (C=O) groups excluding carboxylic acids is 1. The summed E-state index contributed by atoms with van der Waals surface area (Å²) in [5, 5.41) is 9.25. The number of ether oxygens (including phenoxy) is 1. The first kappa shape index (κ1) is 21.4. The van der Waals surface area contributed by atoms with Crippen molar-refractivity contribution >= 4 is 11.9 Å². The number of carboxylic acids is 1. The van der Waals surface area contributed by atoms with E-state index in [4.69, 9.17) is 10.5 Å². The molecule has 160 valence electrons. The zero-order valence-corrected chi connectivity index (χ0v) is 18.6. The van der Waals surface area contributed by atoms with Crippen molar-refractivity contribution in [2.24, 2.45) is 0 Å². The summed E-state index contributed by atoms with van der Waals surface area (Å²) in [5.41, 5.74) is 9.99. The second-order valence-electron chi connectivity index (χ2n) is 6.95. The average Bonchev–Trinajstić information content (AvgIpc) is 2.72. The number of aliphatic carboxylic acids is 1. The van der Waals surface area contributed by atoms with Gasteiger partial charge in [-0.05, 0) is 35.7 Å². The van der Waals surface area contributed by atoms with Gasteiger partial charge in [-0.15, -0.1) is 6.54 Å².